The first-order valence-electron chi connectivity index (χ1n) is 7.25. The highest BCUT2D eigenvalue weighted by Gasteiger charge is 2.18. The number of aromatic nitrogens is 3. The van der Waals surface area contributed by atoms with Crippen LogP contribution in [0.4, 0.5) is 0 Å². The maximum atomic E-state index is 12.4. The maximum absolute atomic E-state index is 12.4. The summed E-state index contributed by atoms with van der Waals surface area (Å²) in [5.41, 5.74) is 0.734. The van der Waals surface area contributed by atoms with Crippen molar-refractivity contribution in [1.29, 1.82) is 0 Å². The van der Waals surface area contributed by atoms with E-state index in [0.717, 1.165) is 18.5 Å². The van der Waals surface area contributed by atoms with Gasteiger partial charge in [0.2, 0.25) is 0 Å². The van der Waals surface area contributed by atoms with Crippen molar-refractivity contribution in [3.63, 3.8) is 0 Å². The lowest BCUT2D eigenvalue weighted by Crippen LogP contribution is -2.37. The van der Waals surface area contributed by atoms with Gasteiger partial charge in [-0.1, -0.05) is 6.42 Å². The molecule has 0 aliphatic carbocycles. The first-order valence-corrected chi connectivity index (χ1v) is 7.25. The Labute approximate surface area is 118 Å². The molecule has 0 saturated carbocycles. The third-order valence-electron chi connectivity index (χ3n) is 4.25. The van der Waals surface area contributed by atoms with Crippen LogP contribution in [-0.2, 0) is 6.54 Å². The van der Waals surface area contributed by atoms with Crippen molar-refractivity contribution in [2.24, 2.45) is 0 Å². The Morgan fingerprint density at radius 1 is 1.40 bits per heavy atom. The fourth-order valence-corrected chi connectivity index (χ4v) is 2.96. The standard InChI is InChI=1S/C15H20N4O/c1-18-8-3-2-4-12(18)6-9-19-11-17-14-5-7-16-10-13(14)15(19)20/h5,7,10-12H,2-4,6,8-9H2,1H3/t12-/m1/s1. The van der Waals surface area contributed by atoms with E-state index in [-0.39, 0.29) is 5.56 Å². The van der Waals surface area contributed by atoms with E-state index in [2.05, 4.69) is 21.9 Å². The van der Waals surface area contributed by atoms with Gasteiger partial charge in [-0.25, -0.2) is 4.98 Å². The van der Waals surface area contributed by atoms with Gasteiger partial charge in [0, 0.05) is 25.0 Å². The van der Waals surface area contributed by atoms with Crippen molar-refractivity contribution in [2.75, 3.05) is 13.6 Å². The molecule has 106 valence electrons. The van der Waals surface area contributed by atoms with Gasteiger partial charge in [0.1, 0.15) is 0 Å². The van der Waals surface area contributed by atoms with E-state index in [4.69, 9.17) is 0 Å². The first-order chi connectivity index (χ1) is 9.75. The van der Waals surface area contributed by atoms with E-state index >= 15 is 0 Å². The quantitative estimate of drug-likeness (QED) is 0.853. The number of rotatable bonds is 3. The average Bonchev–Trinajstić information content (AvgIpc) is 2.48. The molecular formula is C15H20N4O. The summed E-state index contributed by atoms with van der Waals surface area (Å²) < 4.78 is 1.71. The van der Waals surface area contributed by atoms with E-state index in [9.17, 15) is 4.79 Å². The molecular weight excluding hydrogens is 252 g/mol. The molecule has 0 unspecified atom stereocenters. The normalized spacial score (nSPS) is 20.4. The Bertz CT molecular complexity index is 652. The molecule has 1 aliphatic heterocycles. The van der Waals surface area contributed by atoms with E-state index in [0.29, 0.717) is 11.4 Å². The Morgan fingerprint density at radius 3 is 3.15 bits per heavy atom. The summed E-state index contributed by atoms with van der Waals surface area (Å²) >= 11 is 0. The number of nitrogens with zero attached hydrogens (tertiary/aromatic N) is 4. The first kappa shape index (κ1) is 13.2. The van der Waals surface area contributed by atoms with Gasteiger partial charge in [-0.2, -0.15) is 0 Å². The molecule has 5 heteroatoms. The molecule has 0 radical (unpaired) electrons. The zero-order chi connectivity index (χ0) is 13.9. The minimum Gasteiger partial charge on any atom is -0.303 e. The largest absolute Gasteiger partial charge is 0.303 e. The summed E-state index contributed by atoms with van der Waals surface area (Å²) in [6.07, 6.45) is 9.75. The highest BCUT2D eigenvalue weighted by Crippen LogP contribution is 2.18. The SMILES string of the molecule is CN1CCCC[C@@H]1CCn1cnc2ccncc2c1=O. The smallest absolute Gasteiger partial charge is 0.262 e. The van der Waals surface area contributed by atoms with Gasteiger partial charge in [-0.15, -0.1) is 0 Å². The second-order valence-corrected chi connectivity index (χ2v) is 5.55. The fraction of sp³-hybridized carbons (Fsp3) is 0.533. The van der Waals surface area contributed by atoms with Crippen molar-refractivity contribution in [3.8, 4) is 0 Å². The minimum absolute atomic E-state index is 0.0153. The van der Waals surface area contributed by atoms with Crippen molar-refractivity contribution < 1.29 is 0 Å². The van der Waals surface area contributed by atoms with Crippen molar-refractivity contribution in [1.82, 2.24) is 19.4 Å². The number of hydrogen-bond donors (Lipinski definition) is 0. The molecule has 0 N–H and O–H groups in total. The number of piperidine rings is 1. The van der Waals surface area contributed by atoms with E-state index < -0.39 is 0 Å². The van der Waals surface area contributed by atoms with Gasteiger partial charge in [-0.05, 0) is 38.9 Å². The second kappa shape index (κ2) is 5.71. The molecule has 3 rings (SSSR count). The maximum Gasteiger partial charge on any atom is 0.262 e. The number of pyridine rings is 1. The van der Waals surface area contributed by atoms with Crippen molar-refractivity contribution >= 4 is 10.9 Å². The molecule has 0 spiro atoms. The predicted molar refractivity (Wildman–Crippen MR) is 78.7 cm³/mol. The number of hydrogen-bond acceptors (Lipinski definition) is 4. The van der Waals surface area contributed by atoms with Gasteiger partial charge < -0.3 is 4.90 Å². The number of aryl methyl sites for hydroxylation is 1. The summed E-state index contributed by atoms with van der Waals surface area (Å²) in [6, 6.07) is 2.36. The summed E-state index contributed by atoms with van der Waals surface area (Å²) in [7, 11) is 2.18. The molecule has 0 amide bonds. The van der Waals surface area contributed by atoms with Crippen LogP contribution in [0.15, 0.2) is 29.6 Å². The van der Waals surface area contributed by atoms with Crippen molar-refractivity contribution in [2.45, 2.75) is 38.3 Å². The Hall–Kier alpha value is -1.75. The Balaban J connectivity index is 1.77. The van der Waals surface area contributed by atoms with Crippen LogP contribution in [0.1, 0.15) is 25.7 Å². The molecule has 1 saturated heterocycles. The monoisotopic (exact) mass is 272 g/mol. The minimum atomic E-state index is 0.0153. The average molecular weight is 272 g/mol. The third kappa shape index (κ3) is 2.58. The molecule has 2 aromatic heterocycles. The van der Waals surface area contributed by atoms with Crippen LogP contribution in [0.5, 0.6) is 0 Å². The third-order valence-corrected chi connectivity index (χ3v) is 4.25. The summed E-state index contributed by atoms with van der Waals surface area (Å²) in [6.45, 7) is 1.89. The number of likely N-dealkylation sites (tertiary alicyclic amines) is 1. The molecule has 5 nitrogen and oxygen atoms in total. The van der Waals surface area contributed by atoms with Crippen LogP contribution in [-0.4, -0.2) is 39.1 Å². The Morgan fingerprint density at radius 2 is 2.30 bits per heavy atom. The lowest BCUT2D eigenvalue weighted by Gasteiger charge is -2.32. The van der Waals surface area contributed by atoms with Gasteiger partial charge in [0.15, 0.2) is 0 Å². The molecule has 0 bridgehead atoms. The molecule has 20 heavy (non-hydrogen) atoms. The molecule has 3 heterocycles. The van der Waals surface area contributed by atoms with Crippen LogP contribution in [0, 0.1) is 0 Å². The van der Waals surface area contributed by atoms with E-state index in [1.54, 1.807) is 29.4 Å². The number of fused-ring (bicyclic) bond motifs is 1. The van der Waals surface area contributed by atoms with Gasteiger partial charge >= 0.3 is 0 Å². The summed E-state index contributed by atoms with van der Waals surface area (Å²) in [4.78, 5) is 23.1. The molecule has 1 aliphatic rings. The zero-order valence-corrected chi connectivity index (χ0v) is 11.8. The Kier molecular flexibility index (Phi) is 3.78. The second-order valence-electron chi connectivity index (χ2n) is 5.55. The van der Waals surface area contributed by atoms with Crippen LogP contribution in [0.3, 0.4) is 0 Å². The molecule has 0 aromatic carbocycles. The summed E-state index contributed by atoms with van der Waals surface area (Å²) in [5, 5.41) is 0.604. The lowest BCUT2D eigenvalue weighted by atomic mass is 10.0. The van der Waals surface area contributed by atoms with Crippen LogP contribution >= 0.6 is 0 Å². The van der Waals surface area contributed by atoms with E-state index in [1.165, 1.54) is 25.8 Å². The zero-order valence-electron chi connectivity index (χ0n) is 11.8. The lowest BCUT2D eigenvalue weighted by molar-refractivity contribution is 0.170. The van der Waals surface area contributed by atoms with Gasteiger partial charge in [0.25, 0.3) is 5.56 Å². The van der Waals surface area contributed by atoms with Crippen LogP contribution < -0.4 is 5.56 Å². The molecule has 1 fully saturated rings. The van der Waals surface area contributed by atoms with E-state index in [1.807, 2.05) is 0 Å². The highest BCUT2D eigenvalue weighted by atomic mass is 16.1. The fourth-order valence-electron chi connectivity index (χ4n) is 2.96. The molecule has 2 aromatic rings. The van der Waals surface area contributed by atoms with Crippen molar-refractivity contribution in [3.05, 3.63) is 35.1 Å². The van der Waals surface area contributed by atoms with Crippen LogP contribution in [0.2, 0.25) is 0 Å². The van der Waals surface area contributed by atoms with Gasteiger partial charge in [-0.3, -0.25) is 14.3 Å². The highest BCUT2D eigenvalue weighted by molar-refractivity contribution is 5.75. The molecule has 1 atom stereocenters. The predicted octanol–water partition coefficient (Wildman–Crippen LogP) is 1.67. The van der Waals surface area contributed by atoms with Crippen LogP contribution in [0.25, 0.3) is 10.9 Å². The van der Waals surface area contributed by atoms with Gasteiger partial charge in [0.05, 0.1) is 17.2 Å². The summed E-state index contributed by atoms with van der Waals surface area (Å²) in [5.74, 6) is 0. The topological polar surface area (TPSA) is 51.0 Å².